The van der Waals surface area contributed by atoms with Crippen LogP contribution in [0.2, 0.25) is 5.02 Å². The Kier molecular flexibility index (Phi) is 4.12. The Morgan fingerprint density at radius 1 is 1.26 bits per heavy atom. The third kappa shape index (κ3) is 3.76. The molecular weight excluding hydrogens is 262 g/mol. The number of halogens is 1. The van der Waals surface area contributed by atoms with Gasteiger partial charge in [0.15, 0.2) is 5.82 Å². The van der Waals surface area contributed by atoms with Gasteiger partial charge in [0.2, 0.25) is 0 Å². The number of nitrogen functional groups attached to an aromatic ring is 1. The fourth-order valence-electron chi connectivity index (χ4n) is 1.59. The molecule has 0 unspecified atom stereocenters. The molecule has 0 bridgehead atoms. The standard InChI is InChI=1S/C14H16ClN3O/c1-9(2)19-12-5-3-11(4-6-12)18-14-13(16)7-10(15)8-17-14/h3-9H,16H2,1-2H3,(H,17,18). The van der Waals surface area contributed by atoms with Crippen LogP contribution < -0.4 is 15.8 Å². The van der Waals surface area contributed by atoms with E-state index in [1.165, 1.54) is 0 Å². The molecule has 0 atom stereocenters. The van der Waals surface area contributed by atoms with Crippen LogP contribution in [0, 0.1) is 0 Å². The van der Waals surface area contributed by atoms with Gasteiger partial charge in [-0.15, -0.1) is 0 Å². The third-order valence-corrected chi connectivity index (χ3v) is 2.58. The predicted octanol–water partition coefficient (Wildman–Crippen LogP) is 3.85. The molecule has 3 N–H and O–H groups in total. The van der Waals surface area contributed by atoms with Crippen molar-refractivity contribution in [3.05, 3.63) is 41.6 Å². The maximum atomic E-state index is 5.83. The van der Waals surface area contributed by atoms with Gasteiger partial charge in [-0.1, -0.05) is 11.6 Å². The number of anilines is 3. The SMILES string of the molecule is CC(C)Oc1ccc(Nc2ncc(Cl)cc2N)cc1. The second kappa shape index (κ2) is 5.80. The van der Waals surface area contributed by atoms with Crippen molar-refractivity contribution in [3.8, 4) is 5.75 Å². The van der Waals surface area contributed by atoms with Gasteiger partial charge in [-0.3, -0.25) is 0 Å². The number of aromatic nitrogens is 1. The average Bonchev–Trinajstić information content (AvgIpc) is 2.34. The summed E-state index contributed by atoms with van der Waals surface area (Å²) in [4.78, 5) is 4.14. The van der Waals surface area contributed by atoms with Gasteiger partial charge in [0.1, 0.15) is 5.75 Å². The summed E-state index contributed by atoms with van der Waals surface area (Å²) in [5.74, 6) is 1.42. The van der Waals surface area contributed by atoms with E-state index in [0.29, 0.717) is 16.5 Å². The topological polar surface area (TPSA) is 60.2 Å². The lowest BCUT2D eigenvalue weighted by atomic mass is 10.3. The summed E-state index contributed by atoms with van der Waals surface area (Å²) in [6, 6.07) is 9.27. The van der Waals surface area contributed by atoms with Gasteiger partial charge >= 0.3 is 0 Å². The first kappa shape index (κ1) is 13.5. The largest absolute Gasteiger partial charge is 0.491 e. The zero-order chi connectivity index (χ0) is 13.8. The molecule has 1 aromatic heterocycles. The van der Waals surface area contributed by atoms with Crippen LogP contribution in [0.5, 0.6) is 5.75 Å². The van der Waals surface area contributed by atoms with E-state index < -0.39 is 0 Å². The predicted molar refractivity (Wildman–Crippen MR) is 79.1 cm³/mol. The molecule has 0 aliphatic rings. The smallest absolute Gasteiger partial charge is 0.153 e. The number of pyridine rings is 1. The van der Waals surface area contributed by atoms with Crippen molar-refractivity contribution in [1.29, 1.82) is 0 Å². The molecule has 0 saturated heterocycles. The van der Waals surface area contributed by atoms with Gasteiger partial charge in [-0.25, -0.2) is 4.98 Å². The molecule has 0 amide bonds. The molecule has 19 heavy (non-hydrogen) atoms. The molecule has 1 aromatic carbocycles. The highest BCUT2D eigenvalue weighted by atomic mass is 35.5. The average molecular weight is 278 g/mol. The second-order valence-electron chi connectivity index (χ2n) is 4.41. The number of nitrogens with two attached hydrogens (primary N) is 1. The van der Waals surface area contributed by atoms with Crippen LogP contribution in [0.4, 0.5) is 17.2 Å². The first-order valence-electron chi connectivity index (χ1n) is 5.99. The number of benzene rings is 1. The Balaban J connectivity index is 2.10. The Hall–Kier alpha value is -1.94. The van der Waals surface area contributed by atoms with Gasteiger partial charge in [-0.2, -0.15) is 0 Å². The van der Waals surface area contributed by atoms with E-state index in [0.717, 1.165) is 11.4 Å². The summed E-state index contributed by atoms with van der Waals surface area (Å²) in [6.07, 6.45) is 1.71. The van der Waals surface area contributed by atoms with Crippen LogP contribution in [0.15, 0.2) is 36.5 Å². The molecule has 0 saturated carbocycles. The van der Waals surface area contributed by atoms with Crippen molar-refractivity contribution >= 4 is 28.8 Å². The van der Waals surface area contributed by atoms with Crippen molar-refractivity contribution in [2.75, 3.05) is 11.1 Å². The lowest BCUT2D eigenvalue weighted by Gasteiger charge is -2.11. The first-order valence-corrected chi connectivity index (χ1v) is 6.37. The van der Waals surface area contributed by atoms with Crippen molar-refractivity contribution in [3.63, 3.8) is 0 Å². The first-order chi connectivity index (χ1) is 9.04. The quantitative estimate of drug-likeness (QED) is 0.891. The number of hydrogen-bond donors (Lipinski definition) is 2. The molecule has 4 nitrogen and oxygen atoms in total. The fourth-order valence-corrected chi connectivity index (χ4v) is 1.75. The highest BCUT2D eigenvalue weighted by Gasteiger charge is 2.03. The zero-order valence-corrected chi connectivity index (χ0v) is 11.6. The highest BCUT2D eigenvalue weighted by Crippen LogP contribution is 2.24. The van der Waals surface area contributed by atoms with Gasteiger partial charge in [0.25, 0.3) is 0 Å². The van der Waals surface area contributed by atoms with Crippen molar-refractivity contribution < 1.29 is 4.74 Å². The molecule has 5 heteroatoms. The molecule has 0 radical (unpaired) electrons. The molecule has 100 valence electrons. The molecule has 2 aromatic rings. The van der Waals surface area contributed by atoms with E-state index in [-0.39, 0.29) is 6.10 Å². The van der Waals surface area contributed by atoms with Crippen LogP contribution in [0.1, 0.15) is 13.8 Å². The number of hydrogen-bond acceptors (Lipinski definition) is 4. The summed E-state index contributed by atoms with van der Waals surface area (Å²) >= 11 is 5.80. The third-order valence-electron chi connectivity index (χ3n) is 2.37. The van der Waals surface area contributed by atoms with Crippen LogP contribution in [0.3, 0.4) is 0 Å². The minimum Gasteiger partial charge on any atom is -0.491 e. The summed E-state index contributed by atoms with van der Waals surface area (Å²) in [7, 11) is 0. The van der Waals surface area contributed by atoms with E-state index in [2.05, 4.69) is 10.3 Å². The lowest BCUT2D eigenvalue weighted by molar-refractivity contribution is 0.242. The van der Waals surface area contributed by atoms with E-state index in [1.807, 2.05) is 38.1 Å². The van der Waals surface area contributed by atoms with E-state index >= 15 is 0 Å². The summed E-state index contributed by atoms with van der Waals surface area (Å²) in [5.41, 5.74) is 7.23. The van der Waals surface area contributed by atoms with Crippen LogP contribution in [-0.4, -0.2) is 11.1 Å². The highest BCUT2D eigenvalue weighted by molar-refractivity contribution is 6.30. The maximum Gasteiger partial charge on any atom is 0.153 e. The number of rotatable bonds is 4. The monoisotopic (exact) mass is 277 g/mol. The minimum atomic E-state index is 0.160. The van der Waals surface area contributed by atoms with Crippen molar-refractivity contribution in [2.24, 2.45) is 0 Å². The normalized spacial score (nSPS) is 10.5. The van der Waals surface area contributed by atoms with Gasteiger partial charge < -0.3 is 15.8 Å². The van der Waals surface area contributed by atoms with E-state index in [9.17, 15) is 0 Å². The van der Waals surface area contributed by atoms with Crippen LogP contribution >= 0.6 is 11.6 Å². The molecule has 1 heterocycles. The van der Waals surface area contributed by atoms with Crippen molar-refractivity contribution in [2.45, 2.75) is 20.0 Å². The molecule has 0 spiro atoms. The summed E-state index contributed by atoms with van der Waals surface area (Å²) in [6.45, 7) is 3.98. The molecule has 0 aliphatic heterocycles. The Morgan fingerprint density at radius 3 is 2.53 bits per heavy atom. The Morgan fingerprint density at radius 2 is 1.95 bits per heavy atom. The van der Waals surface area contributed by atoms with E-state index in [1.54, 1.807) is 12.3 Å². The zero-order valence-electron chi connectivity index (χ0n) is 10.9. The van der Waals surface area contributed by atoms with Crippen LogP contribution in [0.25, 0.3) is 0 Å². The fraction of sp³-hybridized carbons (Fsp3) is 0.214. The van der Waals surface area contributed by atoms with Crippen molar-refractivity contribution in [1.82, 2.24) is 4.98 Å². The lowest BCUT2D eigenvalue weighted by Crippen LogP contribution is -2.05. The van der Waals surface area contributed by atoms with Gasteiger partial charge in [0, 0.05) is 11.9 Å². The molecule has 0 fully saturated rings. The molecular formula is C14H16ClN3O. The van der Waals surface area contributed by atoms with Gasteiger partial charge in [0.05, 0.1) is 16.8 Å². The molecule has 2 rings (SSSR count). The number of nitrogens with one attached hydrogen (secondary N) is 1. The number of ether oxygens (including phenoxy) is 1. The minimum absolute atomic E-state index is 0.160. The maximum absolute atomic E-state index is 5.83. The van der Waals surface area contributed by atoms with Crippen LogP contribution in [-0.2, 0) is 0 Å². The molecule has 0 aliphatic carbocycles. The van der Waals surface area contributed by atoms with E-state index in [4.69, 9.17) is 22.1 Å². The van der Waals surface area contributed by atoms with Gasteiger partial charge in [-0.05, 0) is 44.2 Å². The summed E-state index contributed by atoms with van der Waals surface area (Å²) < 4.78 is 5.57. The Bertz CT molecular complexity index is 555. The number of nitrogens with zero attached hydrogens (tertiary/aromatic N) is 1. The second-order valence-corrected chi connectivity index (χ2v) is 4.84. The Labute approximate surface area is 117 Å². The summed E-state index contributed by atoms with van der Waals surface area (Å²) in [5, 5.41) is 3.65.